The Kier molecular flexibility index (Phi) is 5.42. The molecule has 0 aliphatic heterocycles. The fourth-order valence-electron chi connectivity index (χ4n) is 0.493. The van der Waals surface area contributed by atoms with E-state index in [0.29, 0.717) is 0 Å². The van der Waals surface area contributed by atoms with Gasteiger partial charge in [-0.2, -0.15) is 0 Å². The minimum absolute atomic E-state index is 0.173. The highest BCUT2D eigenvalue weighted by Gasteiger charge is 2.34. The maximum Gasteiger partial charge on any atom is 0.361 e. The standard InChI is InChI=1S/C8H9Cl3O4/c1-4(2)6(12)14-5(3)15-7(13)8(9,10)11/h5H,1H2,2-3H3. The summed E-state index contributed by atoms with van der Waals surface area (Å²) in [5.41, 5.74) is 0.173. The lowest BCUT2D eigenvalue weighted by atomic mass is 10.4. The minimum Gasteiger partial charge on any atom is -0.422 e. The van der Waals surface area contributed by atoms with E-state index < -0.39 is 22.0 Å². The predicted octanol–water partition coefficient (Wildman–Crippen LogP) is 2.37. The Morgan fingerprint density at radius 1 is 1.27 bits per heavy atom. The van der Waals surface area contributed by atoms with Crippen LogP contribution in [0.15, 0.2) is 12.2 Å². The molecule has 4 nitrogen and oxygen atoms in total. The number of halogens is 3. The van der Waals surface area contributed by atoms with Crippen LogP contribution in [0.1, 0.15) is 13.8 Å². The first-order valence-electron chi connectivity index (χ1n) is 3.79. The third-order valence-corrected chi connectivity index (χ3v) is 1.59. The van der Waals surface area contributed by atoms with Gasteiger partial charge in [-0.1, -0.05) is 41.4 Å². The smallest absolute Gasteiger partial charge is 0.361 e. The molecule has 7 heteroatoms. The molecule has 0 aromatic rings. The normalized spacial score (nSPS) is 12.9. The van der Waals surface area contributed by atoms with Gasteiger partial charge in [-0.05, 0) is 6.92 Å². The second-order valence-electron chi connectivity index (χ2n) is 2.66. The average molecular weight is 276 g/mol. The Hall–Kier alpha value is -0.450. The highest BCUT2D eigenvalue weighted by molar-refractivity contribution is 6.75. The quantitative estimate of drug-likeness (QED) is 0.343. The molecule has 1 unspecified atom stereocenters. The lowest BCUT2D eigenvalue weighted by Crippen LogP contribution is -2.29. The van der Waals surface area contributed by atoms with Crippen molar-refractivity contribution in [1.29, 1.82) is 0 Å². The lowest BCUT2D eigenvalue weighted by molar-refractivity contribution is -0.181. The molecule has 0 aromatic heterocycles. The molecule has 15 heavy (non-hydrogen) atoms. The fraction of sp³-hybridized carbons (Fsp3) is 0.500. The Balaban J connectivity index is 4.16. The van der Waals surface area contributed by atoms with Gasteiger partial charge in [0, 0.05) is 12.5 Å². The monoisotopic (exact) mass is 274 g/mol. The minimum atomic E-state index is -2.19. The second-order valence-corrected chi connectivity index (χ2v) is 4.94. The van der Waals surface area contributed by atoms with Gasteiger partial charge in [-0.15, -0.1) is 0 Å². The Bertz CT molecular complexity index is 282. The van der Waals surface area contributed by atoms with Crippen molar-refractivity contribution in [3.8, 4) is 0 Å². The first kappa shape index (κ1) is 14.6. The summed E-state index contributed by atoms with van der Waals surface area (Å²) < 4.78 is 6.95. The number of rotatable bonds is 3. The van der Waals surface area contributed by atoms with E-state index in [1.807, 2.05) is 0 Å². The van der Waals surface area contributed by atoms with Crippen molar-refractivity contribution in [2.45, 2.75) is 23.9 Å². The zero-order chi connectivity index (χ0) is 12.2. The summed E-state index contributed by atoms with van der Waals surface area (Å²) in [6.07, 6.45) is -1.14. The van der Waals surface area contributed by atoms with Crippen LogP contribution in [-0.2, 0) is 19.1 Å². The van der Waals surface area contributed by atoms with Crippen LogP contribution >= 0.6 is 34.8 Å². The number of ether oxygens (including phenoxy) is 2. The predicted molar refractivity (Wildman–Crippen MR) is 56.8 cm³/mol. The number of alkyl halides is 3. The molecule has 0 rings (SSSR count). The van der Waals surface area contributed by atoms with Crippen LogP contribution in [0.5, 0.6) is 0 Å². The molecule has 0 aromatic carbocycles. The third kappa shape index (κ3) is 5.87. The number of hydrogen-bond acceptors (Lipinski definition) is 4. The Morgan fingerprint density at radius 2 is 1.73 bits per heavy atom. The van der Waals surface area contributed by atoms with Crippen molar-refractivity contribution >= 4 is 46.7 Å². The molecule has 0 radical (unpaired) electrons. The van der Waals surface area contributed by atoms with Crippen molar-refractivity contribution < 1.29 is 19.1 Å². The van der Waals surface area contributed by atoms with Crippen molar-refractivity contribution in [2.75, 3.05) is 0 Å². The summed E-state index contributed by atoms with van der Waals surface area (Å²) in [6.45, 7) is 6.11. The molecule has 0 saturated heterocycles. The molecule has 86 valence electrons. The molecule has 0 heterocycles. The van der Waals surface area contributed by atoms with Crippen LogP contribution in [0, 0.1) is 0 Å². The molecule has 0 aliphatic rings. The van der Waals surface area contributed by atoms with E-state index in [-0.39, 0.29) is 5.57 Å². The van der Waals surface area contributed by atoms with Crippen LogP contribution in [-0.4, -0.2) is 22.0 Å². The zero-order valence-corrected chi connectivity index (χ0v) is 10.3. The van der Waals surface area contributed by atoms with Crippen LogP contribution in [0.2, 0.25) is 0 Å². The number of carbonyl (C=O) groups is 2. The highest BCUT2D eigenvalue weighted by Crippen LogP contribution is 2.28. The van der Waals surface area contributed by atoms with Crippen LogP contribution in [0.25, 0.3) is 0 Å². The van der Waals surface area contributed by atoms with Gasteiger partial charge < -0.3 is 9.47 Å². The Labute approximate surface area is 102 Å². The van der Waals surface area contributed by atoms with E-state index in [1.54, 1.807) is 0 Å². The van der Waals surface area contributed by atoms with E-state index in [0.717, 1.165) is 0 Å². The topological polar surface area (TPSA) is 52.6 Å². The number of hydrogen-bond donors (Lipinski definition) is 0. The second kappa shape index (κ2) is 5.58. The SMILES string of the molecule is C=C(C)C(=O)OC(C)OC(=O)C(Cl)(Cl)Cl. The highest BCUT2D eigenvalue weighted by atomic mass is 35.6. The fourth-order valence-corrected chi connectivity index (χ4v) is 0.627. The van der Waals surface area contributed by atoms with Gasteiger partial charge in [0.15, 0.2) is 0 Å². The van der Waals surface area contributed by atoms with Crippen LogP contribution in [0.4, 0.5) is 0 Å². The molecule has 0 spiro atoms. The molecule has 0 N–H and O–H groups in total. The average Bonchev–Trinajstić information content (AvgIpc) is 2.01. The summed E-state index contributed by atoms with van der Waals surface area (Å²) in [5, 5.41) is 0. The van der Waals surface area contributed by atoms with Crippen molar-refractivity contribution in [3.63, 3.8) is 0 Å². The molecule has 1 atom stereocenters. The lowest BCUT2D eigenvalue weighted by Gasteiger charge is -2.16. The van der Waals surface area contributed by atoms with E-state index in [2.05, 4.69) is 16.1 Å². The van der Waals surface area contributed by atoms with Gasteiger partial charge in [0.1, 0.15) is 0 Å². The van der Waals surface area contributed by atoms with Crippen LogP contribution in [0.3, 0.4) is 0 Å². The summed E-state index contributed by atoms with van der Waals surface area (Å²) in [6, 6.07) is 0. The summed E-state index contributed by atoms with van der Waals surface area (Å²) in [7, 11) is 0. The molecular weight excluding hydrogens is 266 g/mol. The van der Waals surface area contributed by atoms with E-state index in [1.165, 1.54) is 13.8 Å². The van der Waals surface area contributed by atoms with Gasteiger partial charge in [0.25, 0.3) is 3.79 Å². The van der Waals surface area contributed by atoms with Gasteiger partial charge in [-0.3, -0.25) is 0 Å². The Morgan fingerprint density at radius 3 is 2.07 bits per heavy atom. The van der Waals surface area contributed by atoms with E-state index in [4.69, 9.17) is 34.8 Å². The van der Waals surface area contributed by atoms with E-state index in [9.17, 15) is 9.59 Å². The van der Waals surface area contributed by atoms with Crippen molar-refractivity contribution in [1.82, 2.24) is 0 Å². The zero-order valence-electron chi connectivity index (χ0n) is 8.05. The van der Waals surface area contributed by atoms with E-state index >= 15 is 0 Å². The number of carbonyl (C=O) groups excluding carboxylic acids is 2. The summed E-state index contributed by atoms with van der Waals surface area (Å²) >= 11 is 15.7. The molecule has 0 fully saturated rings. The maximum absolute atomic E-state index is 11.0. The van der Waals surface area contributed by atoms with Gasteiger partial charge in [-0.25, -0.2) is 9.59 Å². The van der Waals surface area contributed by atoms with Gasteiger partial charge in [0.05, 0.1) is 0 Å². The third-order valence-electron chi connectivity index (χ3n) is 1.13. The first-order chi connectivity index (χ1) is 6.64. The molecule has 0 aliphatic carbocycles. The molecule has 0 bridgehead atoms. The molecule has 0 saturated carbocycles. The van der Waals surface area contributed by atoms with Crippen LogP contribution < -0.4 is 0 Å². The number of esters is 2. The molecular formula is C8H9Cl3O4. The largest absolute Gasteiger partial charge is 0.422 e. The van der Waals surface area contributed by atoms with Gasteiger partial charge >= 0.3 is 11.9 Å². The van der Waals surface area contributed by atoms with Gasteiger partial charge in [0.2, 0.25) is 6.29 Å². The first-order valence-corrected chi connectivity index (χ1v) is 4.92. The van der Waals surface area contributed by atoms with Crippen molar-refractivity contribution in [3.05, 3.63) is 12.2 Å². The summed E-state index contributed by atoms with van der Waals surface area (Å²) in [4.78, 5) is 22.0. The molecule has 0 amide bonds. The summed E-state index contributed by atoms with van der Waals surface area (Å²) in [5.74, 6) is -1.81. The maximum atomic E-state index is 11.0. The van der Waals surface area contributed by atoms with Crippen molar-refractivity contribution in [2.24, 2.45) is 0 Å².